The second-order valence-electron chi connectivity index (χ2n) is 4.29. The Morgan fingerprint density at radius 2 is 1.94 bits per heavy atom. The van der Waals surface area contributed by atoms with Crippen molar-refractivity contribution in [3.8, 4) is 0 Å². The van der Waals surface area contributed by atoms with Crippen LogP contribution in [0.5, 0.6) is 0 Å². The zero-order chi connectivity index (χ0) is 13.3. The highest BCUT2D eigenvalue weighted by Gasteiger charge is 2.34. The fourth-order valence-electron chi connectivity index (χ4n) is 1.96. The topological polar surface area (TPSA) is 60.9 Å². The van der Waals surface area contributed by atoms with Gasteiger partial charge < -0.3 is 10.0 Å². The molecule has 1 aromatic rings. The monoisotopic (exact) mass is 312 g/mol. The molecule has 0 aromatic heterocycles. The van der Waals surface area contributed by atoms with E-state index in [1.165, 1.54) is 9.80 Å². The van der Waals surface area contributed by atoms with Crippen molar-refractivity contribution < 1.29 is 14.7 Å². The lowest BCUT2D eigenvalue weighted by molar-refractivity contribution is -0.141. The summed E-state index contributed by atoms with van der Waals surface area (Å²) < 4.78 is 0.916. The first-order chi connectivity index (χ1) is 8.49. The second kappa shape index (κ2) is 4.97. The summed E-state index contributed by atoms with van der Waals surface area (Å²) in [5.74, 6) is -1.44. The Hall–Kier alpha value is -1.56. The van der Waals surface area contributed by atoms with E-state index < -0.39 is 11.9 Å². The molecule has 1 fully saturated rings. The van der Waals surface area contributed by atoms with Gasteiger partial charge in [0.05, 0.1) is 5.92 Å². The van der Waals surface area contributed by atoms with Crippen LogP contribution in [0.1, 0.15) is 0 Å². The molecule has 1 unspecified atom stereocenters. The average molecular weight is 313 g/mol. The molecule has 5 nitrogen and oxygen atoms in total. The van der Waals surface area contributed by atoms with Gasteiger partial charge in [-0.25, -0.2) is 4.79 Å². The molecule has 2 amide bonds. The van der Waals surface area contributed by atoms with Crippen molar-refractivity contribution in [1.82, 2.24) is 4.90 Å². The van der Waals surface area contributed by atoms with Crippen molar-refractivity contribution >= 4 is 33.6 Å². The number of hydrogen-bond donors (Lipinski definition) is 1. The van der Waals surface area contributed by atoms with Gasteiger partial charge in [-0.1, -0.05) is 15.9 Å². The first-order valence-corrected chi connectivity index (χ1v) is 6.29. The van der Waals surface area contributed by atoms with Crippen molar-refractivity contribution in [3.63, 3.8) is 0 Å². The van der Waals surface area contributed by atoms with Gasteiger partial charge in [0.15, 0.2) is 0 Å². The molecular weight excluding hydrogens is 300 g/mol. The summed E-state index contributed by atoms with van der Waals surface area (Å²) in [6, 6.07) is 7.06. The van der Waals surface area contributed by atoms with Crippen LogP contribution in [0.4, 0.5) is 10.5 Å². The number of urea groups is 1. The van der Waals surface area contributed by atoms with E-state index >= 15 is 0 Å². The maximum Gasteiger partial charge on any atom is 0.324 e. The van der Waals surface area contributed by atoms with E-state index in [0.717, 1.165) is 4.47 Å². The lowest BCUT2D eigenvalue weighted by Gasteiger charge is -2.36. The van der Waals surface area contributed by atoms with Gasteiger partial charge in [0.25, 0.3) is 0 Å². The molecule has 0 saturated carbocycles. The number of carboxylic acids is 1. The smallest absolute Gasteiger partial charge is 0.324 e. The van der Waals surface area contributed by atoms with Crippen molar-refractivity contribution in [1.29, 1.82) is 0 Å². The highest BCUT2D eigenvalue weighted by Crippen LogP contribution is 2.23. The number of carboxylic acid groups (broad SMARTS) is 1. The molecule has 1 saturated heterocycles. The molecule has 0 spiro atoms. The summed E-state index contributed by atoms with van der Waals surface area (Å²) in [5, 5.41) is 9.08. The van der Waals surface area contributed by atoms with Crippen LogP contribution in [-0.2, 0) is 4.79 Å². The highest BCUT2D eigenvalue weighted by atomic mass is 79.9. The van der Waals surface area contributed by atoms with E-state index in [1.54, 1.807) is 19.2 Å². The number of benzene rings is 1. The van der Waals surface area contributed by atoms with Crippen LogP contribution in [0.15, 0.2) is 28.7 Å². The molecule has 1 aliphatic heterocycles. The molecule has 1 N–H and O–H groups in total. The Morgan fingerprint density at radius 3 is 2.50 bits per heavy atom. The maximum absolute atomic E-state index is 12.0. The van der Waals surface area contributed by atoms with Crippen molar-refractivity contribution in [3.05, 3.63) is 28.7 Å². The van der Waals surface area contributed by atoms with Crippen LogP contribution in [-0.4, -0.2) is 42.1 Å². The fraction of sp³-hybridized carbons (Fsp3) is 0.333. The van der Waals surface area contributed by atoms with Gasteiger partial charge in [-0.15, -0.1) is 0 Å². The van der Waals surface area contributed by atoms with Crippen molar-refractivity contribution in [2.45, 2.75) is 0 Å². The normalized spacial score (nSPS) is 20.1. The molecule has 6 heteroatoms. The van der Waals surface area contributed by atoms with E-state index in [-0.39, 0.29) is 19.1 Å². The second-order valence-corrected chi connectivity index (χ2v) is 5.20. The summed E-state index contributed by atoms with van der Waals surface area (Å²) >= 11 is 3.32. The molecule has 2 rings (SSSR count). The van der Waals surface area contributed by atoms with E-state index in [9.17, 15) is 9.59 Å². The number of rotatable bonds is 2. The van der Waals surface area contributed by atoms with Gasteiger partial charge in [0.2, 0.25) is 0 Å². The number of aliphatic carboxylic acids is 1. The predicted molar refractivity (Wildman–Crippen MR) is 70.6 cm³/mol. The maximum atomic E-state index is 12.0. The predicted octanol–water partition coefficient (Wildman–Crippen LogP) is 2.02. The van der Waals surface area contributed by atoms with Crippen LogP contribution >= 0.6 is 15.9 Å². The zero-order valence-corrected chi connectivity index (χ0v) is 11.4. The lowest BCUT2D eigenvalue weighted by Crippen LogP contribution is -2.54. The first-order valence-electron chi connectivity index (χ1n) is 5.50. The summed E-state index contributed by atoms with van der Waals surface area (Å²) in [5.41, 5.74) is 0.709. The minimum absolute atomic E-state index is 0.171. The number of halogens is 1. The standard InChI is InChI=1S/C12H13BrN2O3/c1-14-6-8(11(16)17)7-15(12(14)18)10-4-2-9(13)3-5-10/h2-5,8H,6-7H2,1H3,(H,16,17). The average Bonchev–Trinajstić information content (AvgIpc) is 2.33. The lowest BCUT2D eigenvalue weighted by atomic mass is 10.1. The van der Waals surface area contributed by atoms with Crippen molar-refractivity contribution in [2.24, 2.45) is 5.92 Å². The molecule has 96 valence electrons. The molecule has 1 aliphatic rings. The van der Waals surface area contributed by atoms with Crippen LogP contribution in [0, 0.1) is 5.92 Å². The van der Waals surface area contributed by atoms with Gasteiger partial charge in [-0.3, -0.25) is 9.69 Å². The molecular formula is C12H13BrN2O3. The van der Waals surface area contributed by atoms with Gasteiger partial charge in [-0.05, 0) is 24.3 Å². The number of carbonyl (C=O) groups is 2. The summed E-state index contributed by atoms with van der Waals surface area (Å²) in [6.07, 6.45) is 0. The molecule has 1 atom stereocenters. The number of nitrogens with zero attached hydrogens (tertiary/aromatic N) is 2. The first kappa shape index (κ1) is 12.9. The molecule has 0 aliphatic carbocycles. The molecule has 1 aromatic carbocycles. The Labute approximate surface area is 113 Å². The number of anilines is 1. The number of hydrogen-bond acceptors (Lipinski definition) is 2. The Kier molecular flexibility index (Phi) is 3.56. The molecule has 18 heavy (non-hydrogen) atoms. The van der Waals surface area contributed by atoms with E-state index in [2.05, 4.69) is 15.9 Å². The SMILES string of the molecule is CN1CC(C(=O)O)CN(c2ccc(Br)cc2)C1=O. The fourth-order valence-corrected chi connectivity index (χ4v) is 2.23. The third-order valence-electron chi connectivity index (χ3n) is 2.94. The van der Waals surface area contributed by atoms with Crippen LogP contribution < -0.4 is 4.90 Å². The molecule has 1 heterocycles. The minimum atomic E-state index is -0.878. The van der Waals surface area contributed by atoms with Gasteiger partial charge in [0, 0.05) is 30.3 Å². The Balaban J connectivity index is 2.27. The highest BCUT2D eigenvalue weighted by molar-refractivity contribution is 9.10. The summed E-state index contributed by atoms with van der Waals surface area (Å²) in [7, 11) is 1.61. The van der Waals surface area contributed by atoms with Gasteiger partial charge in [-0.2, -0.15) is 0 Å². The Bertz CT molecular complexity index is 475. The van der Waals surface area contributed by atoms with Crippen LogP contribution in [0.2, 0.25) is 0 Å². The number of carbonyl (C=O) groups excluding carboxylic acids is 1. The molecule has 0 bridgehead atoms. The quantitative estimate of drug-likeness (QED) is 0.909. The van der Waals surface area contributed by atoms with Crippen LogP contribution in [0.25, 0.3) is 0 Å². The molecule has 0 radical (unpaired) electrons. The van der Waals surface area contributed by atoms with Crippen LogP contribution in [0.3, 0.4) is 0 Å². The van der Waals surface area contributed by atoms with Gasteiger partial charge in [0.1, 0.15) is 0 Å². The third kappa shape index (κ3) is 2.48. The number of amides is 2. The van der Waals surface area contributed by atoms with E-state index in [0.29, 0.717) is 5.69 Å². The summed E-state index contributed by atoms with van der Waals surface area (Å²) in [4.78, 5) is 26.0. The van der Waals surface area contributed by atoms with E-state index in [4.69, 9.17) is 5.11 Å². The van der Waals surface area contributed by atoms with Gasteiger partial charge >= 0.3 is 12.0 Å². The van der Waals surface area contributed by atoms with Crippen molar-refractivity contribution in [2.75, 3.05) is 25.0 Å². The zero-order valence-electron chi connectivity index (χ0n) is 9.84. The third-order valence-corrected chi connectivity index (χ3v) is 3.47. The summed E-state index contributed by atoms with van der Waals surface area (Å²) in [6.45, 7) is 0.460. The largest absolute Gasteiger partial charge is 0.481 e. The Morgan fingerprint density at radius 1 is 1.33 bits per heavy atom. The minimum Gasteiger partial charge on any atom is -0.481 e. The van der Waals surface area contributed by atoms with E-state index in [1.807, 2.05) is 12.1 Å².